The van der Waals surface area contributed by atoms with Crippen molar-refractivity contribution < 1.29 is 19.1 Å². The fourth-order valence-electron chi connectivity index (χ4n) is 6.40. The molecule has 1 rings (SSSR count). The fourth-order valence-corrected chi connectivity index (χ4v) is 8.06. The molecule has 0 aromatic heterocycles. The SMILES string of the molecule is CCCCCCCCCCCCCCOC(=O)CC(CC(=O)OCCCCCCCCCCCCCC)N1CCS(C)(C)CC1. The van der Waals surface area contributed by atoms with E-state index in [1.165, 1.54) is 140 Å². The summed E-state index contributed by atoms with van der Waals surface area (Å²) in [6.45, 7) is 7.48. The third-order valence-electron chi connectivity index (χ3n) is 9.71. The summed E-state index contributed by atoms with van der Waals surface area (Å²) >= 11 is 0. The molecule has 0 aromatic carbocycles. The van der Waals surface area contributed by atoms with Gasteiger partial charge in [0.25, 0.3) is 0 Å². The molecule has 0 bridgehead atoms. The van der Waals surface area contributed by atoms with E-state index in [1.807, 2.05) is 0 Å². The average Bonchev–Trinajstić information content (AvgIpc) is 3.01. The van der Waals surface area contributed by atoms with Crippen LogP contribution in [0.4, 0.5) is 0 Å². The summed E-state index contributed by atoms with van der Waals surface area (Å²) in [5.41, 5.74) is 0. The van der Waals surface area contributed by atoms with Gasteiger partial charge in [-0.15, -0.1) is 0 Å². The van der Waals surface area contributed by atoms with Crippen LogP contribution in [0.2, 0.25) is 0 Å². The number of carbonyl (C=O) groups is 2. The number of nitrogens with zero attached hydrogens (tertiary/aromatic N) is 1. The standard InChI is InChI=1S/C39H77NO4S/c1-5-7-9-11-13-15-17-19-21-23-25-27-31-43-38(41)35-37(40-29-33-45(3,4)34-30-40)36-39(42)44-32-28-26-24-22-20-18-16-14-12-10-8-6-2/h37H,5-36H2,1-4H3. The Bertz CT molecular complexity index is 647. The molecule has 1 aliphatic heterocycles. The van der Waals surface area contributed by atoms with E-state index in [9.17, 15) is 9.59 Å². The van der Waals surface area contributed by atoms with Crippen molar-refractivity contribution in [1.29, 1.82) is 0 Å². The van der Waals surface area contributed by atoms with E-state index >= 15 is 0 Å². The number of esters is 2. The lowest BCUT2D eigenvalue weighted by Crippen LogP contribution is -2.46. The molecule has 1 fully saturated rings. The van der Waals surface area contributed by atoms with Gasteiger partial charge in [0.05, 0.1) is 26.1 Å². The molecule has 0 spiro atoms. The Balaban J connectivity index is 2.19. The number of hydrogen-bond donors (Lipinski definition) is 0. The van der Waals surface area contributed by atoms with Crippen molar-refractivity contribution in [1.82, 2.24) is 4.90 Å². The van der Waals surface area contributed by atoms with Crippen LogP contribution in [0.1, 0.15) is 181 Å². The third kappa shape index (κ3) is 26.0. The minimum atomic E-state index is -0.552. The number of hydrogen-bond acceptors (Lipinski definition) is 5. The molecular formula is C39H77NO4S. The Kier molecular flexibility index (Phi) is 27.6. The first-order valence-corrected chi connectivity index (χ1v) is 22.4. The van der Waals surface area contributed by atoms with Crippen molar-refractivity contribution in [3.8, 4) is 0 Å². The second-order valence-corrected chi connectivity index (χ2v) is 18.8. The van der Waals surface area contributed by atoms with E-state index < -0.39 is 10.0 Å². The molecule has 0 aliphatic carbocycles. The van der Waals surface area contributed by atoms with Gasteiger partial charge < -0.3 is 9.47 Å². The van der Waals surface area contributed by atoms with Crippen LogP contribution in [-0.4, -0.2) is 73.2 Å². The quantitative estimate of drug-likeness (QED) is 0.0549. The summed E-state index contributed by atoms with van der Waals surface area (Å²) in [5, 5.41) is 0. The Morgan fingerprint density at radius 3 is 1.11 bits per heavy atom. The molecule has 1 heterocycles. The highest BCUT2D eigenvalue weighted by atomic mass is 32.3. The molecule has 6 heteroatoms. The molecule has 1 saturated heterocycles. The zero-order valence-electron chi connectivity index (χ0n) is 30.7. The minimum Gasteiger partial charge on any atom is -0.466 e. The van der Waals surface area contributed by atoms with Gasteiger partial charge in [-0.25, -0.2) is 10.0 Å². The lowest BCUT2D eigenvalue weighted by molar-refractivity contribution is -0.148. The summed E-state index contributed by atoms with van der Waals surface area (Å²) in [6.07, 6.45) is 36.5. The van der Waals surface area contributed by atoms with E-state index in [2.05, 4.69) is 31.3 Å². The van der Waals surface area contributed by atoms with Crippen molar-refractivity contribution in [3.05, 3.63) is 0 Å². The van der Waals surface area contributed by atoms with Crippen molar-refractivity contribution in [3.63, 3.8) is 0 Å². The van der Waals surface area contributed by atoms with Crippen LogP contribution >= 0.6 is 10.0 Å². The molecule has 0 unspecified atom stereocenters. The Hall–Kier alpha value is -0.750. The van der Waals surface area contributed by atoms with Crippen LogP contribution in [0.25, 0.3) is 0 Å². The molecular weight excluding hydrogens is 578 g/mol. The molecule has 0 atom stereocenters. The van der Waals surface area contributed by atoms with Gasteiger partial charge in [-0.3, -0.25) is 14.5 Å². The summed E-state index contributed by atoms with van der Waals surface area (Å²) in [4.78, 5) is 27.9. The molecule has 0 aromatic rings. The van der Waals surface area contributed by atoms with E-state index in [-0.39, 0.29) is 18.0 Å². The largest absolute Gasteiger partial charge is 0.466 e. The Morgan fingerprint density at radius 2 is 0.800 bits per heavy atom. The zero-order chi connectivity index (χ0) is 32.9. The van der Waals surface area contributed by atoms with Crippen LogP contribution in [0.5, 0.6) is 0 Å². The van der Waals surface area contributed by atoms with Crippen LogP contribution in [-0.2, 0) is 19.1 Å². The van der Waals surface area contributed by atoms with Gasteiger partial charge in [0.2, 0.25) is 0 Å². The topological polar surface area (TPSA) is 55.8 Å². The molecule has 0 radical (unpaired) electrons. The highest BCUT2D eigenvalue weighted by Crippen LogP contribution is 2.42. The molecule has 1 aliphatic rings. The highest BCUT2D eigenvalue weighted by Gasteiger charge is 2.30. The predicted octanol–water partition coefficient (Wildman–Crippen LogP) is 11.0. The van der Waals surface area contributed by atoms with Gasteiger partial charge >= 0.3 is 11.9 Å². The summed E-state index contributed by atoms with van der Waals surface area (Å²) in [7, 11) is -0.552. The van der Waals surface area contributed by atoms with Crippen molar-refractivity contribution >= 4 is 22.0 Å². The molecule has 0 N–H and O–H groups in total. The smallest absolute Gasteiger partial charge is 0.307 e. The maximum Gasteiger partial charge on any atom is 0.307 e. The van der Waals surface area contributed by atoms with Crippen LogP contribution < -0.4 is 0 Å². The van der Waals surface area contributed by atoms with Crippen LogP contribution in [0, 0.1) is 0 Å². The number of rotatable bonds is 31. The summed E-state index contributed by atoms with van der Waals surface area (Å²) in [5.74, 6) is 2.03. The van der Waals surface area contributed by atoms with Gasteiger partial charge in [0.1, 0.15) is 0 Å². The van der Waals surface area contributed by atoms with Gasteiger partial charge in [-0.1, -0.05) is 155 Å². The minimum absolute atomic E-state index is 0.107. The second kappa shape index (κ2) is 29.4. The summed E-state index contributed by atoms with van der Waals surface area (Å²) < 4.78 is 11.3. The highest BCUT2D eigenvalue weighted by molar-refractivity contribution is 8.32. The van der Waals surface area contributed by atoms with Gasteiger partial charge in [-0.2, -0.15) is 0 Å². The third-order valence-corrected chi connectivity index (χ3v) is 12.3. The molecule has 5 nitrogen and oxygen atoms in total. The van der Waals surface area contributed by atoms with E-state index in [4.69, 9.17) is 9.47 Å². The lowest BCUT2D eigenvalue weighted by atomic mass is 10.1. The van der Waals surface area contributed by atoms with E-state index in [0.717, 1.165) is 38.8 Å². The molecule has 0 saturated carbocycles. The van der Waals surface area contributed by atoms with Crippen molar-refractivity contribution in [2.75, 3.05) is 50.3 Å². The van der Waals surface area contributed by atoms with E-state index in [1.54, 1.807) is 0 Å². The Morgan fingerprint density at radius 1 is 0.511 bits per heavy atom. The van der Waals surface area contributed by atoms with Gasteiger partial charge in [0.15, 0.2) is 0 Å². The number of ether oxygens (including phenoxy) is 2. The molecule has 0 amide bonds. The van der Waals surface area contributed by atoms with Crippen molar-refractivity contribution in [2.45, 2.75) is 187 Å². The van der Waals surface area contributed by atoms with E-state index in [0.29, 0.717) is 26.1 Å². The second-order valence-electron chi connectivity index (χ2n) is 14.5. The molecule has 45 heavy (non-hydrogen) atoms. The monoisotopic (exact) mass is 656 g/mol. The van der Waals surface area contributed by atoms with Crippen LogP contribution in [0.3, 0.4) is 0 Å². The first kappa shape index (κ1) is 42.3. The first-order chi connectivity index (χ1) is 21.9. The normalized spacial score (nSPS) is 15.8. The lowest BCUT2D eigenvalue weighted by Gasteiger charge is -2.43. The number of carbonyl (C=O) groups excluding carboxylic acids is 2. The summed E-state index contributed by atoms with van der Waals surface area (Å²) in [6, 6.07) is -0.107. The number of unbranched alkanes of at least 4 members (excludes halogenated alkanes) is 22. The zero-order valence-corrected chi connectivity index (χ0v) is 31.5. The molecule has 268 valence electrons. The first-order valence-electron chi connectivity index (χ1n) is 19.6. The predicted molar refractivity (Wildman–Crippen MR) is 198 cm³/mol. The van der Waals surface area contributed by atoms with Crippen molar-refractivity contribution in [2.24, 2.45) is 0 Å². The van der Waals surface area contributed by atoms with Gasteiger partial charge in [0, 0.05) is 19.1 Å². The Labute approximate surface area is 282 Å². The fraction of sp³-hybridized carbons (Fsp3) is 0.949. The maximum absolute atomic E-state index is 12.8. The average molecular weight is 656 g/mol. The maximum atomic E-state index is 12.8. The van der Waals surface area contributed by atoms with Crippen LogP contribution in [0.15, 0.2) is 0 Å². The van der Waals surface area contributed by atoms with Gasteiger partial charge in [-0.05, 0) is 36.9 Å².